The maximum absolute atomic E-state index is 3.70. The van der Waals surface area contributed by atoms with Crippen molar-refractivity contribution in [3.63, 3.8) is 0 Å². The number of H-pyrrole nitrogens is 2. The summed E-state index contributed by atoms with van der Waals surface area (Å²) < 4.78 is 0. The van der Waals surface area contributed by atoms with E-state index in [1.54, 1.807) is 0 Å². The van der Waals surface area contributed by atoms with Crippen molar-refractivity contribution in [2.24, 2.45) is 0 Å². The fraction of sp³-hybridized carbons (Fsp3) is 0.0556. The monoisotopic (exact) mass is 514 g/mol. The van der Waals surface area contributed by atoms with E-state index in [4.69, 9.17) is 0 Å². The van der Waals surface area contributed by atoms with Gasteiger partial charge in [0.15, 0.2) is 0 Å². The number of fused-ring (bicyclic) bond motifs is 10. The molecule has 4 nitrogen and oxygen atoms in total. The second kappa shape index (κ2) is 8.14. The van der Waals surface area contributed by atoms with Crippen LogP contribution in [0.25, 0.3) is 43.6 Å². The van der Waals surface area contributed by atoms with Crippen molar-refractivity contribution in [2.45, 2.75) is 12.5 Å². The maximum atomic E-state index is 3.70. The molecule has 40 heavy (non-hydrogen) atoms. The Labute approximate surface area is 231 Å². The first-order valence-corrected chi connectivity index (χ1v) is 13.9. The van der Waals surface area contributed by atoms with Crippen LogP contribution in [-0.2, 0) is 0 Å². The Bertz CT molecular complexity index is 2160. The number of hydrogen-bond acceptors (Lipinski definition) is 2. The molecule has 2 aliphatic rings. The Morgan fingerprint density at radius 1 is 0.550 bits per heavy atom. The largest absolute Gasteiger partial charge is 0.354 e. The maximum Gasteiger partial charge on any atom is 0.0800 e. The summed E-state index contributed by atoms with van der Waals surface area (Å²) in [5.41, 5.74) is 10.7. The molecule has 5 aromatic carbocycles. The van der Waals surface area contributed by atoms with Gasteiger partial charge in [0.05, 0.1) is 28.8 Å². The molecule has 0 bridgehead atoms. The molecule has 1 aliphatic heterocycles. The van der Waals surface area contributed by atoms with Crippen molar-refractivity contribution < 1.29 is 0 Å². The second-order valence-electron chi connectivity index (χ2n) is 10.7. The van der Waals surface area contributed by atoms with Crippen molar-refractivity contribution >= 4 is 72.0 Å². The molecule has 7 aromatic rings. The summed E-state index contributed by atoms with van der Waals surface area (Å²) in [6, 6.07) is 37.4. The Morgan fingerprint density at radius 3 is 1.85 bits per heavy atom. The standard InChI is InChI=1S/C36H26N4/c1-3-11-23(12-4-1)39-31-21-19-30-34(26-16-8-10-18-28(26)38-30)36(31)40(24-13-5-2-6-14-24)32-22-20-29-33(35(32)39)25-15-7-9-17-27(25)37-29/h1-13,15-22,24,37-38H,14H2. The van der Waals surface area contributed by atoms with E-state index >= 15 is 0 Å². The highest BCUT2D eigenvalue weighted by Gasteiger charge is 2.36. The minimum atomic E-state index is 0.197. The summed E-state index contributed by atoms with van der Waals surface area (Å²) in [4.78, 5) is 12.5. The van der Waals surface area contributed by atoms with Gasteiger partial charge in [0.25, 0.3) is 0 Å². The number of benzene rings is 5. The molecule has 2 aromatic heterocycles. The van der Waals surface area contributed by atoms with Crippen LogP contribution in [0.1, 0.15) is 6.42 Å². The van der Waals surface area contributed by atoms with Crippen LogP contribution in [0.5, 0.6) is 0 Å². The van der Waals surface area contributed by atoms with Crippen LogP contribution in [0.3, 0.4) is 0 Å². The number of aromatic amines is 2. The zero-order valence-corrected chi connectivity index (χ0v) is 21.8. The number of rotatable bonds is 2. The lowest BCUT2D eigenvalue weighted by atomic mass is 9.95. The average molecular weight is 515 g/mol. The van der Waals surface area contributed by atoms with E-state index in [0.717, 1.165) is 34.2 Å². The van der Waals surface area contributed by atoms with Crippen LogP contribution in [0.4, 0.5) is 28.4 Å². The van der Waals surface area contributed by atoms with E-state index < -0.39 is 0 Å². The van der Waals surface area contributed by atoms with Crippen molar-refractivity contribution in [2.75, 3.05) is 9.80 Å². The first-order valence-electron chi connectivity index (χ1n) is 13.9. The SMILES string of the molecule is C1=CCC(N2c3ccc4[nH]c5ccccc5c4c3N(c3ccccc3)c3ccc4[nH]c5ccccc5c4c32)C=C1. The third-order valence-corrected chi connectivity index (χ3v) is 8.51. The molecular formula is C36H26N4. The second-order valence-corrected chi connectivity index (χ2v) is 10.7. The van der Waals surface area contributed by atoms with Crippen LogP contribution in [0, 0.1) is 0 Å². The summed E-state index contributed by atoms with van der Waals surface area (Å²) in [5, 5.41) is 5.01. The lowest BCUT2D eigenvalue weighted by Gasteiger charge is -2.44. The van der Waals surface area contributed by atoms with Gasteiger partial charge >= 0.3 is 0 Å². The van der Waals surface area contributed by atoms with Gasteiger partial charge in [0, 0.05) is 49.3 Å². The van der Waals surface area contributed by atoms with Crippen LogP contribution in [-0.4, -0.2) is 16.0 Å². The summed E-state index contributed by atoms with van der Waals surface area (Å²) in [7, 11) is 0. The topological polar surface area (TPSA) is 38.1 Å². The number of para-hydroxylation sites is 3. The number of nitrogens with one attached hydrogen (secondary N) is 2. The lowest BCUT2D eigenvalue weighted by molar-refractivity contribution is 0.783. The fourth-order valence-electron chi connectivity index (χ4n) is 6.86. The molecule has 0 radical (unpaired) electrons. The molecule has 4 heteroatoms. The van der Waals surface area contributed by atoms with E-state index in [1.807, 2.05) is 0 Å². The molecule has 0 fully saturated rings. The van der Waals surface area contributed by atoms with Crippen molar-refractivity contribution in [3.05, 3.63) is 127 Å². The van der Waals surface area contributed by atoms with Crippen LogP contribution >= 0.6 is 0 Å². The van der Waals surface area contributed by atoms with E-state index in [1.165, 1.54) is 44.3 Å². The zero-order valence-electron chi connectivity index (χ0n) is 21.8. The number of allylic oxidation sites excluding steroid dienone is 2. The molecule has 9 rings (SSSR count). The van der Waals surface area contributed by atoms with Crippen molar-refractivity contribution in [3.8, 4) is 0 Å². The minimum absolute atomic E-state index is 0.197. The van der Waals surface area contributed by atoms with Gasteiger partial charge in [-0.05, 0) is 55.0 Å². The highest BCUT2D eigenvalue weighted by molar-refractivity contribution is 6.24. The summed E-state index contributed by atoms with van der Waals surface area (Å²) in [6.07, 6.45) is 9.93. The normalized spacial score (nSPS) is 16.4. The Balaban J connectivity index is 1.48. The summed E-state index contributed by atoms with van der Waals surface area (Å²) >= 11 is 0. The molecule has 190 valence electrons. The number of anilines is 5. The van der Waals surface area contributed by atoms with Gasteiger partial charge in [-0.1, -0.05) is 78.9 Å². The molecule has 0 amide bonds. The number of nitrogens with zero attached hydrogens (tertiary/aromatic N) is 2. The lowest BCUT2D eigenvalue weighted by Crippen LogP contribution is -2.35. The molecular weight excluding hydrogens is 488 g/mol. The van der Waals surface area contributed by atoms with E-state index in [0.29, 0.717) is 0 Å². The van der Waals surface area contributed by atoms with E-state index in [2.05, 4.69) is 147 Å². The highest BCUT2D eigenvalue weighted by atomic mass is 15.3. The first kappa shape index (κ1) is 21.7. The predicted molar refractivity (Wildman–Crippen MR) is 169 cm³/mol. The van der Waals surface area contributed by atoms with Gasteiger partial charge in [-0.25, -0.2) is 0 Å². The third kappa shape index (κ3) is 2.90. The Morgan fingerprint density at radius 2 is 1.18 bits per heavy atom. The van der Waals surface area contributed by atoms with Gasteiger partial charge in [-0.15, -0.1) is 0 Å². The Hall–Kier alpha value is -5.22. The summed E-state index contributed by atoms with van der Waals surface area (Å²) in [6.45, 7) is 0. The predicted octanol–water partition coefficient (Wildman–Crippen LogP) is 9.76. The van der Waals surface area contributed by atoms with Gasteiger partial charge in [-0.2, -0.15) is 0 Å². The van der Waals surface area contributed by atoms with Crippen LogP contribution in [0.15, 0.2) is 127 Å². The van der Waals surface area contributed by atoms with Crippen LogP contribution < -0.4 is 9.80 Å². The first-order chi connectivity index (χ1) is 19.9. The molecule has 1 atom stereocenters. The fourth-order valence-corrected chi connectivity index (χ4v) is 6.86. The smallest absolute Gasteiger partial charge is 0.0800 e. The molecule has 3 heterocycles. The minimum Gasteiger partial charge on any atom is -0.354 e. The van der Waals surface area contributed by atoms with Gasteiger partial charge in [0.2, 0.25) is 0 Å². The van der Waals surface area contributed by atoms with Crippen molar-refractivity contribution in [1.82, 2.24) is 9.97 Å². The molecule has 0 saturated heterocycles. The third-order valence-electron chi connectivity index (χ3n) is 8.51. The van der Waals surface area contributed by atoms with Crippen LogP contribution in [0.2, 0.25) is 0 Å². The summed E-state index contributed by atoms with van der Waals surface area (Å²) in [5.74, 6) is 0. The molecule has 2 N–H and O–H groups in total. The molecule has 1 unspecified atom stereocenters. The zero-order chi connectivity index (χ0) is 26.2. The quantitative estimate of drug-likeness (QED) is 0.241. The molecule has 0 saturated carbocycles. The average Bonchev–Trinajstić information content (AvgIpc) is 3.59. The van der Waals surface area contributed by atoms with E-state index in [9.17, 15) is 0 Å². The Kier molecular flexibility index (Phi) is 4.41. The number of hydrogen-bond donors (Lipinski definition) is 2. The van der Waals surface area contributed by atoms with Crippen molar-refractivity contribution in [1.29, 1.82) is 0 Å². The van der Waals surface area contributed by atoms with Gasteiger partial charge in [-0.3, -0.25) is 0 Å². The molecule has 0 spiro atoms. The number of aromatic nitrogens is 2. The van der Waals surface area contributed by atoms with E-state index in [-0.39, 0.29) is 6.04 Å². The molecule has 1 aliphatic carbocycles. The van der Waals surface area contributed by atoms with Gasteiger partial charge < -0.3 is 19.8 Å². The highest BCUT2D eigenvalue weighted by Crippen LogP contribution is 2.58. The van der Waals surface area contributed by atoms with Gasteiger partial charge in [0.1, 0.15) is 0 Å².